The lowest BCUT2D eigenvalue weighted by Gasteiger charge is -2.40. The predicted octanol–water partition coefficient (Wildman–Crippen LogP) is 5.45. The van der Waals surface area contributed by atoms with Crippen LogP contribution in [0.4, 0.5) is 0 Å². The van der Waals surface area contributed by atoms with Crippen molar-refractivity contribution in [1.29, 1.82) is 0 Å². The molecule has 1 N–H and O–H groups in total. The third-order valence-electron chi connectivity index (χ3n) is 4.69. The van der Waals surface area contributed by atoms with Gasteiger partial charge in [0.15, 0.2) is 0 Å². The molecule has 0 saturated heterocycles. The Hall–Kier alpha value is -1.38. The van der Waals surface area contributed by atoms with Crippen LogP contribution in [0.5, 0.6) is 0 Å². The molecule has 23 heavy (non-hydrogen) atoms. The number of rotatable bonds is 6. The highest BCUT2D eigenvalue weighted by Crippen LogP contribution is 2.43. The summed E-state index contributed by atoms with van der Waals surface area (Å²) in [4.78, 5) is 0. The molecule has 0 aromatic heterocycles. The summed E-state index contributed by atoms with van der Waals surface area (Å²) >= 11 is 0. The van der Waals surface area contributed by atoms with Crippen LogP contribution in [0.2, 0.25) is 19.6 Å². The van der Waals surface area contributed by atoms with Crippen LogP contribution in [0.1, 0.15) is 36.4 Å². The van der Waals surface area contributed by atoms with Crippen molar-refractivity contribution >= 4 is 8.07 Å². The fraction of sp³-hybridized carbons (Fsp3) is 0.429. The van der Waals surface area contributed by atoms with Crippen LogP contribution >= 0.6 is 0 Å². The van der Waals surface area contributed by atoms with E-state index in [1.807, 2.05) is 6.07 Å². The lowest BCUT2D eigenvalue weighted by molar-refractivity contribution is 0.0928. The van der Waals surface area contributed by atoms with Crippen molar-refractivity contribution in [1.82, 2.24) is 0 Å². The number of aliphatic hydroxyl groups is 1. The van der Waals surface area contributed by atoms with Crippen molar-refractivity contribution in [2.75, 3.05) is 0 Å². The molecule has 0 heterocycles. The van der Waals surface area contributed by atoms with E-state index in [0.717, 1.165) is 0 Å². The molecule has 2 rings (SSSR count). The number of benzene rings is 2. The Balaban J connectivity index is 2.58. The zero-order valence-electron chi connectivity index (χ0n) is 15.0. The molecule has 0 fully saturated rings. The second-order valence-corrected chi connectivity index (χ2v) is 13.3. The molecule has 0 aliphatic heterocycles. The molecule has 0 saturated carbocycles. The zero-order chi connectivity index (χ0) is 17.0. The molecular formula is C21H30OSi. The molecule has 124 valence electrons. The van der Waals surface area contributed by atoms with Crippen molar-refractivity contribution < 1.29 is 5.11 Å². The quantitative estimate of drug-likeness (QED) is 0.700. The summed E-state index contributed by atoms with van der Waals surface area (Å²) in [5, 5.41) is 11.1. The average molecular weight is 327 g/mol. The van der Waals surface area contributed by atoms with Gasteiger partial charge in [0.1, 0.15) is 0 Å². The van der Waals surface area contributed by atoms with Crippen LogP contribution in [0.3, 0.4) is 0 Å². The molecule has 2 aromatic carbocycles. The second kappa shape index (κ2) is 7.46. The van der Waals surface area contributed by atoms with Gasteiger partial charge in [0.2, 0.25) is 0 Å². The van der Waals surface area contributed by atoms with Gasteiger partial charge >= 0.3 is 0 Å². The Morgan fingerprint density at radius 1 is 0.739 bits per heavy atom. The van der Waals surface area contributed by atoms with Crippen LogP contribution in [0.25, 0.3) is 0 Å². The molecule has 0 aliphatic carbocycles. The first-order valence-corrected chi connectivity index (χ1v) is 12.2. The van der Waals surface area contributed by atoms with Crippen LogP contribution in [0, 0.1) is 5.92 Å². The Kier molecular flexibility index (Phi) is 5.82. The Morgan fingerprint density at radius 3 is 1.57 bits per heavy atom. The first-order valence-electron chi connectivity index (χ1n) is 8.60. The third-order valence-corrected chi connectivity index (χ3v) is 7.24. The predicted molar refractivity (Wildman–Crippen MR) is 103 cm³/mol. The lowest BCUT2D eigenvalue weighted by atomic mass is 9.82. The van der Waals surface area contributed by atoms with E-state index < -0.39 is 8.07 Å². The van der Waals surface area contributed by atoms with E-state index in [9.17, 15) is 5.11 Å². The lowest BCUT2D eigenvalue weighted by Crippen LogP contribution is -2.41. The molecule has 0 amide bonds. The standard InChI is InChI=1S/C21H30OSi/c1-16(2)20(22)19(17-12-8-6-9-13-17)21(23(3,4)5)18-14-10-7-11-15-18/h6-16,19-22H,1-5H3. The van der Waals surface area contributed by atoms with Gasteiger partial charge in [0.25, 0.3) is 0 Å². The average Bonchev–Trinajstić information content (AvgIpc) is 2.52. The van der Waals surface area contributed by atoms with Gasteiger partial charge in [-0.05, 0) is 22.6 Å². The van der Waals surface area contributed by atoms with Crippen LogP contribution in [-0.4, -0.2) is 19.3 Å². The first-order chi connectivity index (χ1) is 10.8. The van der Waals surface area contributed by atoms with Crippen LogP contribution in [-0.2, 0) is 0 Å². The number of aliphatic hydroxyl groups excluding tert-OH is 1. The van der Waals surface area contributed by atoms with Crippen LogP contribution < -0.4 is 0 Å². The summed E-state index contributed by atoms with van der Waals surface area (Å²) < 4.78 is 0. The van der Waals surface area contributed by atoms with Gasteiger partial charge < -0.3 is 5.11 Å². The molecule has 2 heteroatoms. The van der Waals surface area contributed by atoms with Gasteiger partial charge in [-0.3, -0.25) is 0 Å². The highest BCUT2D eigenvalue weighted by atomic mass is 28.3. The summed E-state index contributed by atoms with van der Waals surface area (Å²) in [6.07, 6.45) is -0.339. The number of hydrogen-bond donors (Lipinski definition) is 1. The van der Waals surface area contributed by atoms with Gasteiger partial charge in [-0.25, -0.2) is 0 Å². The minimum Gasteiger partial charge on any atom is -0.392 e. The summed E-state index contributed by atoms with van der Waals surface area (Å²) in [7, 11) is -1.54. The minimum absolute atomic E-state index is 0.144. The van der Waals surface area contributed by atoms with Crippen molar-refractivity contribution in [3.05, 3.63) is 71.8 Å². The van der Waals surface area contributed by atoms with E-state index in [4.69, 9.17) is 0 Å². The largest absolute Gasteiger partial charge is 0.392 e. The summed E-state index contributed by atoms with van der Waals surface area (Å²) in [6, 6.07) is 21.3. The smallest absolute Gasteiger partial charge is 0.0634 e. The molecule has 2 aromatic rings. The SMILES string of the molecule is CC(C)C(O)C(c1ccccc1)C(c1ccccc1)[Si](C)(C)C. The summed E-state index contributed by atoms with van der Waals surface area (Å²) in [5.74, 6) is 0.382. The maximum absolute atomic E-state index is 11.1. The van der Waals surface area contributed by atoms with Gasteiger partial charge in [-0.15, -0.1) is 0 Å². The van der Waals surface area contributed by atoms with Gasteiger partial charge in [0.05, 0.1) is 14.2 Å². The van der Waals surface area contributed by atoms with E-state index in [0.29, 0.717) is 5.54 Å². The summed E-state index contributed by atoms with van der Waals surface area (Å²) in [6.45, 7) is 11.5. The normalized spacial score (nSPS) is 16.1. The van der Waals surface area contributed by atoms with Gasteiger partial charge in [0, 0.05) is 5.92 Å². The Bertz CT molecular complexity index is 586. The monoisotopic (exact) mass is 326 g/mol. The van der Waals surface area contributed by atoms with E-state index in [2.05, 4.69) is 88.1 Å². The fourth-order valence-corrected chi connectivity index (χ4v) is 6.24. The molecule has 0 aliphatic rings. The fourth-order valence-electron chi connectivity index (χ4n) is 3.58. The number of hydrogen-bond acceptors (Lipinski definition) is 1. The second-order valence-electron chi connectivity index (χ2n) is 7.93. The molecular weight excluding hydrogens is 296 g/mol. The van der Waals surface area contributed by atoms with E-state index in [-0.39, 0.29) is 17.9 Å². The van der Waals surface area contributed by atoms with E-state index >= 15 is 0 Å². The van der Waals surface area contributed by atoms with Crippen molar-refractivity contribution in [3.8, 4) is 0 Å². The van der Waals surface area contributed by atoms with E-state index in [1.54, 1.807) is 0 Å². The maximum atomic E-state index is 11.1. The Morgan fingerprint density at radius 2 is 1.17 bits per heavy atom. The zero-order valence-corrected chi connectivity index (χ0v) is 16.0. The molecule has 3 atom stereocenters. The Labute approximate surface area is 142 Å². The van der Waals surface area contributed by atoms with Crippen molar-refractivity contribution in [2.24, 2.45) is 5.92 Å². The molecule has 1 nitrogen and oxygen atoms in total. The highest BCUT2D eigenvalue weighted by molar-refractivity contribution is 6.77. The topological polar surface area (TPSA) is 20.2 Å². The van der Waals surface area contributed by atoms with Crippen molar-refractivity contribution in [2.45, 2.75) is 51.1 Å². The minimum atomic E-state index is -1.54. The van der Waals surface area contributed by atoms with Crippen molar-refractivity contribution in [3.63, 3.8) is 0 Å². The van der Waals surface area contributed by atoms with E-state index in [1.165, 1.54) is 11.1 Å². The molecule has 0 spiro atoms. The molecule has 0 bridgehead atoms. The maximum Gasteiger partial charge on any atom is 0.0634 e. The first kappa shape index (κ1) is 18.0. The highest BCUT2D eigenvalue weighted by Gasteiger charge is 2.40. The van der Waals surface area contributed by atoms with Gasteiger partial charge in [-0.2, -0.15) is 0 Å². The third kappa shape index (κ3) is 4.33. The summed E-state index contributed by atoms with van der Waals surface area (Å²) in [5.41, 5.74) is 3.01. The van der Waals surface area contributed by atoms with Crippen LogP contribution in [0.15, 0.2) is 60.7 Å². The van der Waals surface area contributed by atoms with Gasteiger partial charge in [-0.1, -0.05) is 94.2 Å². The molecule has 3 unspecified atom stereocenters. The molecule has 0 radical (unpaired) electrons.